The summed E-state index contributed by atoms with van der Waals surface area (Å²) >= 11 is 1.20. The predicted octanol–water partition coefficient (Wildman–Crippen LogP) is 2.11. The minimum Gasteiger partial charge on any atom is -0.380 e. The fourth-order valence-electron chi connectivity index (χ4n) is 1.91. The molecule has 106 valence electrons. The first-order chi connectivity index (χ1) is 9.61. The van der Waals surface area contributed by atoms with Crippen molar-refractivity contribution in [2.45, 2.75) is 20.1 Å². The van der Waals surface area contributed by atoms with E-state index in [4.69, 9.17) is 10.5 Å². The van der Waals surface area contributed by atoms with Gasteiger partial charge in [0, 0.05) is 13.7 Å². The number of nitrogen functional groups attached to an aromatic ring is 1. The van der Waals surface area contributed by atoms with E-state index in [0.29, 0.717) is 28.9 Å². The van der Waals surface area contributed by atoms with Crippen LogP contribution in [0.1, 0.15) is 26.5 Å². The zero-order chi connectivity index (χ0) is 14.5. The van der Waals surface area contributed by atoms with Gasteiger partial charge in [-0.1, -0.05) is 35.6 Å². The maximum absolute atomic E-state index is 12.1. The van der Waals surface area contributed by atoms with Crippen LogP contribution in [0.2, 0.25) is 0 Å². The largest absolute Gasteiger partial charge is 0.380 e. The molecular formula is C14H17N3O2S. The molecule has 0 aliphatic carbocycles. The number of hydrogen-bond acceptors (Lipinski definition) is 5. The van der Waals surface area contributed by atoms with Gasteiger partial charge in [-0.2, -0.15) is 0 Å². The summed E-state index contributed by atoms with van der Waals surface area (Å²) in [5.41, 5.74) is 8.37. The lowest BCUT2D eigenvalue weighted by atomic mass is 10.1. The van der Waals surface area contributed by atoms with Crippen molar-refractivity contribution in [3.63, 3.8) is 0 Å². The molecule has 0 aliphatic rings. The molecule has 2 aromatic rings. The number of ether oxygens (including phenoxy) is 1. The summed E-state index contributed by atoms with van der Waals surface area (Å²) in [4.78, 5) is 16.7. The highest BCUT2D eigenvalue weighted by Gasteiger charge is 2.14. The summed E-state index contributed by atoms with van der Waals surface area (Å²) in [6, 6.07) is 7.85. The zero-order valence-electron chi connectivity index (χ0n) is 11.5. The number of methoxy groups -OCH3 is 1. The number of nitrogens with zero attached hydrogens (tertiary/aromatic N) is 1. The molecule has 0 unspecified atom stereocenters. The molecule has 0 aliphatic heterocycles. The lowest BCUT2D eigenvalue weighted by Crippen LogP contribution is -2.23. The monoisotopic (exact) mass is 291 g/mol. The van der Waals surface area contributed by atoms with Crippen LogP contribution in [0.25, 0.3) is 0 Å². The molecule has 0 radical (unpaired) electrons. The van der Waals surface area contributed by atoms with E-state index in [1.807, 2.05) is 24.3 Å². The summed E-state index contributed by atoms with van der Waals surface area (Å²) in [6.07, 6.45) is 0. The van der Waals surface area contributed by atoms with Crippen molar-refractivity contribution in [2.24, 2.45) is 0 Å². The van der Waals surface area contributed by atoms with E-state index in [1.165, 1.54) is 11.3 Å². The second-order valence-electron chi connectivity index (χ2n) is 4.35. The number of aromatic nitrogens is 1. The molecule has 2 rings (SSSR count). The molecule has 0 spiro atoms. The van der Waals surface area contributed by atoms with Gasteiger partial charge < -0.3 is 15.8 Å². The van der Waals surface area contributed by atoms with E-state index in [-0.39, 0.29) is 5.91 Å². The Bertz CT molecular complexity index is 610. The van der Waals surface area contributed by atoms with Gasteiger partial charge in [0.1, 0.15) is 4.88 Å². The number of aryl methyl sites for hydroxylation is 1. The molecule has 0 bridgehead atoms. The first-order valence-electron chi connectivity index (χ1n) is 6.18. The Morgan fingerprint density at radius 2 is 2.10 bits per heavy atom. The van der Waals surface area contributed by atoms with Crippen LogP contribution in [0.15, 0.2) is 24.3 Å². The van der Waals surface area contributed by atoms with E-state index in [1.54, 1.807) is 14.0 Å². The number of nitrogens with one attached hydrogen (secondary N) is 1. The van der Waals surface area contributed by atoms with Crippen molar-refractivity contribution in [3.05, 3.63) is 46.0 Å². The molecule has 0 saturated carbocycles. The second-order valence-corrected chi connectivity index (χ2v) is 5.38. The first kappa shape index (κ1) is 14.5. The van der Waals surface area contributed by atoms with Gasteiger partial charge in [-0.05, 0) is 18.1 Å². The van der Waals surface area contributed by atoms with Gasteiger partial charge in [-0.3, -0.25) is 4.79 Å². The maximum Gasteiger partial charge on any atom is 0.263 e. The molecular weight excluding hydrogens is 274 g/mol. The number of rotatable bonds is 5. The number of hydrogen-bond donors (Lipinski definition) is 2. The molecule has 5 nitrogen and oxygen atoms in total. The Morgan fingerprint density at radius 1 is 1.40 bits per heavy atom. The van der Waals surface area contributed by atoms with Gasteiger partial charge in [-0.15, -0.1) is 0 Å². The van der Waals surface area contributed by atoms with Gasteiger partial charge >= 0.3 is 0 Å². The Morgan fingerprint density at radius 3 is 2.70 bits per heavy atom. The SMILES string of the molecule is COCc1ccccc1CNC(=O)c1sc(N)nc1C. The Labute approximate surface area is 121 Å². The van der Waals surface area contributed by atoms with Crippen LogP contribution in [0.5, 0.6) is 0 Å². The molecule has 1 aromatic carbocycles. The summed E-state index contributed by atoms with van der Waals surface area (Å²) in [5.74, 6) is -0.149. The fraction of sp³-hybridized carbons (Fsp3) is 0.286. The van der Waals surface area contributed by atoms with Crippen molar-refractivity contribution in [2.75, 3.05) is 12.8 Å². The lowest BCUT2D eigenvalue weighted by Gasteiger charge is -2.09. The van der Waals surface area contributed by atoms with Crippen molar-refractivity contribution < 1.29 is 9.53 Å². The average molecular weight is 291 g/mol. The van der Waals surface area contributed by atoms with Gasteiger partial charge in [-0.25, -0.2) is 4.98 Å². The third-order valence-electron chi connectivity index (χ3n) is 2.88. The van der Waals surface area contributed by atoms with Crippen LogP contribution in [-0.2, 0) is 17.9 Å². The Kier molecular flexibility index (Phi) is 4.70. The third kappa shape index (κ3) is 3.34. The third-order valence-corrected chi connectivity index (χ3v) is 3.86. The zero-order valence-corrected chi connectivity index (χ0v) is 12.3. The van der Waals surface area contributed by atoms with Crippen LogP contribution in [0.3, 0.4) is 0 Å². The predicted molar refractivity (Wildman–Crippen MR) is 79.6 cm³/mol. The summed E-state index contributed by atoms with van der Waals surface area (Å²) in [6.45, 7) is 2.76. The van der Waals surface area contributed by atoms with Gasteiger partial charge in [0.05, 0.1) is 12.3 Å². The molecule has 1 heterocycles. The Balaban J connectivity index is 2.05. The number of benzene rings is 1. The standard InChI is InChI=1S/C14H17N3O2S/c1-9-12(20-14(15)17-9)13(18)16-7-10-5-3-4-6-11(10)8-19-2/h3-6H,7-8H2,1-2H3,(H2,15,17)(H,16,18). The fourth-order valence-corrected chi connectivity index (χ4v) is 2.66. The van der Waals surface area contributed by atoms with Crippen molar-refractivity contribution >= 4 is 22.4 Å². The minimum absolute atomic E-state index is 0.149. The smallest absolute Gasteiger partial charge is 0.263 e. The topological polar surface area (TPSA) is 77.2 Å². The number of thiazole rings is 1. The quantitative estimate of drug-likeness (QED) is 0.884. The highest BCUT2D eigenvalue weighted by molar-refractivity contribution is 7.17. The summed E-state index contributed by atoms with van der Waals surface area (Å²) in [5, 5.41) is 3.30. The highest BCUT2D eigenvalue weighted by atomic mass is 32.1. The molecule has 20 heavy (non-hydrogen) atoms. The van der Waals surface area contributed by atoms with Gasteiger partial charge in [0.2, 0.25) is 0 Å². The van der Waals surface area contributed by atoms with E-state index >= 15 is 0 Å². The van der Waals surface area contributed by atoms with E-state index in [9.17, 15) is 4.79 Å². The van der Waals surface area contributed by atoms with Crippen molar-refractivity contribution in [3.8, 4) is 0 Å². The van der Waals surface area contributed by atoms with E-state index < -0.39 is 0 Å². The Hall–Kier alpha value is -1.92. The molecule has 3 N–H and O–H groups in total. The normalized spacial score (nSPS) is 10.5. The summed E-state index contributed by atoms with van der Waals surface area (Å²) in [7, 11) is 1.65. The number of carbonyl (C=O) groups is 1. The van der Waals surface area contributed by atoms with Gasteiger partial charge in [0.25, 0.3) is 5.91 Å². The maximum atomic E-state index is 12.1. The first-order valence-corrected chi connectivity index (χ1v) is 7.00. The highest BCUT2D eigenvalue weighted by Crippen LogP contribution is 2.19. The number of nitrogens with two attached hydrogens (primary N) is 1. The number of amides is 1. The van der Waals surface area contributed by atoms with Crippen LogP contribution >= 0.6 is 11.3 Å². The van der Waals surface area contributed by atoms with Crippen LogP contribution in [-0.4, -0.2) is 18.0 Å². The average Bonchev–Trinajstić information content (AvgIpc) is 2.77. The van der Waals surface area contributed by atoms with E-state index in [2.05, 4.69) is 10.3 Å². The second kappa shape index (κ2) is 6.49. The summed E-state index contributed by atoms with van der Waals surface area (Å²) < 4.78 is 5.15. The molecule has 1 aromatic heterocycles. The molecule has 1 amide bonds. The molecule has 0 atom stereocenters. The number of anilines is 1. The molecule has 6 heteroatoms. The van der Waals surface area contributed by atoms with Crippen molar-refractivity contribution in [1.29, 1.82) is 0 Å². The van der Waals surface area contributed by atoms with Gasteiger partial charge in [0.15, 0.2) is 5.13 Å². The van der Waals surface area contributed by atoms with Crippen LogP contribution < -0.4 is 11.1 Å². The number of carbonyl (C=O) groups excluding carboxylic acids is 1. The van der Waals surface area contributed by atoms with Crippen LogP contribution in [0.4, 0.5) is 5.13 Å². The lowest BCUT2D eigenvalue weighted by molar-refractivity contribution is 0.0953. The van der Waals surface area contributed by atoms with Crippen LogP contribution in [0, 0.1) is 6.92 Å². The molecule has 0 saturated heterocycles. The van der Waals surface area contributed by atoms with E-state index in [0.717, 1.165) is 11.1 Å². The minimum atomic E-state index is -0.149. The van der Waals surface area contributed by atoms with Crippen molar-refractivity contribution in [1.82, 2.24) is 10.3 Å². The molecule has 0 fully saturated rings.